The van der Waals surface area contributed by atoms with Crippen LogP contribution in [0.3, 0.4) is 0 Å². The van der Waals surface area contributed by atoms with Crippen LogP contribution in [0.5, 0.6) is 0 Å². The summed E-state index contributed by atoms with van der Waals surface area (Å²) in [6.45, 7) is 3.18. The van der Waals surface area contributed by atoms with E-state index < -0.39 is 23.2 Å². The molecule has 0 aliphatic carbocycles. The number of ether oxygens (including phenoxy) is 1. The van der Waals surface area contributed by atoms with Gasteiger partial charge in [-0.1, -0.05) is 24.6 Å². The molecule has 0 fully saturated rings. The molecule has 1 aromatic rings. The smallest absolute Gasteiger partial charge is 0.323 e. The van der Waals surface area contributed by atoms with Crippen molar-refractivity contribution in [2.45, 2.75) is 26.7 Å². The quantitative estimate of drug-likeness (QED) is 0.648. The molecular formula is C14H16ClFO4. The number of carboxylic acid groups (broad SMARTS) is 1. The first-order valence-corrected chi connectivity index (χ1v) is 6.60. The lowest BCUT2D eigenvalue weighted by molar-refractivity contribution is -0.168. The molecule has 0 bridgehead atoms. The second-order valence-corrected chi connectivity index (χ2v) is 4.75. The molecule has 1 atom stereocenters. The number of carbonyl (C=O) groups is 2. The van der Waals surface area contributed by atoms with E-state index in [1.165, 1.54) is 18.2 Å². The van der Waals surface area contributed by atoms with E-state index in [1.54, 1.807) is 13.8 Å². The molecule has 4 nitrogen and oxygen atoms in total. The van der Waals surface area contributed by atoms with Crippen LogP contribution in [0.2, 0.25) is 5.02 Å². The van der Waals surface area contributed by atoms with Crippen molar-refractivity contribution in [3.63, 3.8) is 0 Å². The van der Waals surface area contributed by atoms with E-state index in [1.807, 2.05) is 0 Å². The number of rotatable bonds is 6. The van der Waals surface area contributed by atoms with Crippen LogP contribution in [0, 0.1) is 11.2 Å². The Morgan fingerprint density at radius 1 is 1.40 bits per heavy atom. The van der Waals surface area contributed by atoms with Gasteiger partial charge in [-0.15, -0.1) is 0 Å². The Morgan fingerprint density at radius 3 is 2.50 bits per heavy atom. The van der Waals surface area contributed by atoms with Gasteiger partial charge in [-0.05, 0) is 25.5 Å². The summed E-state index contributed by atoms with van der Waals surface area (Å²) in [5.41, 5.74) is -1.83. The van der Waals surface area contributed by atoms with Crippen LogP contribution < -0.4 is 0 Å². The minimum atomic E-state index is -1.83. The molecule has 0 aliphatic rings. The summed E-state index contributed by atoms with van der Waals surface area (Å²) < 4.78 is 18.6. The van der Waals surface area contributed by atoms with Crippen molar-refractivity contribution in [1.29, 1.82) is 0 Å². The molecule has 1 N–H and O–H groups in total. The van der Waals surface area contributed by atoms with Gasteiger partial charge in [0, 0.05) is 17.0 Å². The molecule has 0 saturated heterocycles. The zero-order chi connectivity index (χ0) is 15.3. The first-order chi connectivity index (χ1) is 9.39. The highest BCUT2D eigenvalue weighted by Crippen LogP contribution is 2.33. The summed E-state index contributed by atoms with van der Waals surface area (Å²) in [6.07, 6.45) is -0.366. The van der Waals surface area contributed by atoms with E-state index in [0.717, 1.165) is 0 Å². The maximum atomic E-state index is 13.8. The van der Waals surface area contributed by atoms with E-state index in [2.05, 4.69) is 0 Å². The Labute approximate surface area is 121 Å². The van der Waals surface area contributed by atoms with Crippen LogP contribution in [0.4, 0.5) is 4.39 Å². The predicted octanol–water partition coefficient (Wildman–Crippen LogP) is 3.07. The summed E-state index contributed by atoms with van der Waals surface area (Å²) >= 11 is 5.89. The van der Waals surface area contributed by atoms with Crippen molar-refractivity contribution < 1.29 is 23.8 Å². The van der Waals surface area contributed by atoms with Crippen molar-refractivity contribution in [2.75, 3.05) is 6.61 Å². The lowest BCUT2D eigenvalue weighted by Crippen LogP contribution is -2.42. The topological polar surface area (TPSA) is 63.6 Å². The lowest BCUT2D eigenvalue weighted by Gasteiger charge is -2.26. The van der Waals surface area contributed by atoms with Crippen LogP contribution in [0.1, 0.15) is 25.8 Å². The van der Waals surface area contributed by atoms with E-state index >= 15 is 0 Å². The zero-order valence-electron chi connectivity index (χ0n) is 11.3. The second kappa shape index (κ2) is 6.70. The number of hydrogen-bond acceptors (Lipinski definition) is 3. The highest BCUT2D eigenvalue weighted by Gasteiger charge is 2.47. The van der Waals surface area contributed by atoms with E-state index in [4.69, 9.17) is 16.3 Å². The molecule has 0 spiro atoms. The van der Waals surface area contributed by atoms with Gasteiger partial charge in [0.2, 0.25) is 0 Å². The summed E-state index contributed by atoms with van der Waals surface area (Å²) in [5.74, 6) is -2.87. The number of halogens is 2. The first-order valence-electron chi connectivity index (χ1n) is 6.22. The van der Waals surface area contributed by atoms with E-state index in [-0.39, 0.29) is 30.0 Å². The monoisotopic (exact) mass is 302 g/mol. The standard InChI is InChI=1S/C14H16ClFO4/c1-3-14(12(17)18,13(19)20-4-2)8-9-10(15)6-5-7-11(9)16/h5-7H,3-4,8H2,1-2H3,(H,17,18). The van der Waals surface area contributed by atoms with Crippen molar-refractivity contribution in [3.05, 3.63) is 34.6 Å². The molecule has 0 saturated carbocycles. The van der Waals surface area contributed by atoms with Crippen molar-refractivity contribution >= 4 is 23.5 Å². The van der Waals surface area contributed by atoms with Gasteiger partial charge in [0.1, 0.15) is 5.82 Å². The molecule has 0 amide bonds. The Hall–Kier alpha value is -1.62. The molecule has 0 radical (unpaired) electrons. The minimum absolute atomic E-state index is 0.00599. The third kappa shape index (κ3) is 3.10. The fourth-order valence-corrected chi connectivity index (χ4v) is 2.16. The van der Waals surface area contributed by atoms with Gasteiger partial charge in [-0.3, -0.25) is 9.59 Å². The minimum Gasteiger partial charge on any atom is -0.480 e. The predicted molar refractivity (Wildman–Crippen MR) is 72.1 cm³/mol. The van der Waals surface area contributed by atoms with Gasteiger partial charge in [0.05, 0.1) is 6.61 Å². The fraction of sp³-hybridized carbons (Fsp3) is 0.429. The molecule has 1 aromatic carbocycles. The number of esters is 1. The number of benzene rings is 1. The van der Waals surface area contributed by atoms with Gasteiger partial charge in [0.25, 0.3) is 0 Å². The molecule has 0 heterocycles. The largest absolute Gasteiger partial charge is 0.480 e. The maximum absolute atomic E-state index is 13.8. The van der Waals surface area contributed by atoms with Gasteiger partial charge in [0.15, 0.2) is 5.41 Å². The van der Waals surface area contributed by atoms with Gasteiger partial charge in [-0.25, -0.2) is 4.39 Å². The zero-order valence-corrected chi connectivity index (χ0v) is 12.0. The van der Waals surface area contributed by atoms with Crippen LogP contribution >= 0.6 is 11.6 Å². The van der Waals surface area contributed by atoms with Crippen molar-refractivity contribution in [3.8, 4) is 0 Å². The highest BCUT2D eigenvalue weighted by atomic mass is 35.5. The van der Waals surface area contributed by atoms with E-state index in [0.29, 0.717) is 0 Å². The highest BCUT2D eigenvalue weighted by molar-refractivity contribution is 6.31. The average molecular weight is 303 g/mol. The summed E-state index contributed by atoms with van der Waals surface area (Å²) in [5, 5.41) is 9.49. The van der Waals surface area contributed by atoms with Gasteiger partial charge >= 0.3 is 11.9 Å². The van der Waals surface area contributed by atoms with Crippen LogP contribution in [0.25, 0.3) is 0 Å². The summed E-state index contributed by atoms with van der Waals surface area (Å²) in [7, 11) is 0. The third-order valence-electron chi connectivity index (χ3n) is 3.22. The molecular weight excluding hydrogens is 287 g/mol. The molecule has 20 heavy (non-hydrogen) atoms. The number of hydrogen-bond donors (Lipinski definition) is 1. The number of aliphatic carboxylic acids is 1. The molecule has 0 aliphatic heterocycles. The SMILES string of the molecule is CCOC(=O)C(CC)(Cc1c(F)cccc1Cl)C(=O)O. The normalized spacial score (nSPS) is 13.6. The fourth-order valence-electron chi connectivity index (χ4n) is 1.93. The van der Waals surface area contributed by atoms with Crippen LogP contribution in [-0.2, 0) is 20.7 Å². The Balaban J connectivity index is 3.26. The van der Waals surface area contributed by atoms with Crippen LogP contribution in [-0.4, -0.2) is 23.7 Å². The van der Waals surface area contributed by atoms with Crippen molar-refractivity contribution in [2.24, 2.45) is 5.41 Å². The average Bonchev–Trinajstić information content (AvgIpc) is 2.38. The molecule has 110 valence electrons. The molecule has 0 aromatic heterocycles. The maximum Gasteiger partial charge on any atom is 0.323 e. The molecule has 6 heteroatoms. The number of carbonyl (C=O) groups excluding carboxylic acids is 1. The van der Waals surface area contributed by atoms with Crippen LogP contribution in [0.15, 0.2) is 18.2 Å². The second-order valence-electron chi connectivity index (χ2n) is 4.34. The van der Waals surface area contributed by atoms with E-state index in [9.17, 15) is 19.1 Å². The summed E-state index contributed by atoms with van der Waals surface area (Å²) in [6, 6.07) is 4.04. The number of carboxylic acids is 1. The first kappa shape index (κ1) is 16.4. The van der Waals surface area contributed by atoms with Gasteiger partial charge < -0.3 is 9.84 Å². The Bertz CT molecular complexity index is 498. The molecule has 1 rings (SSSR count). The van der Waals surface area contributed by atoms with Gasteiger partial charge in [-0.2, -0.15) is 0 Å². The Morgan fingerprint density at radius 2 is 2.05 bits per heavy atom. The summed E-state index contributed by atoms with van der Waals surface area (Å²) in [4.78, 5) is 23.5. The third-order valence-corrected chi connectivity index (χ3v) is 3.57. The molecule has 1 unspecified atom stereocenters. The lowest BCUT2D eigenvalue weighted by atomic mass is 9.79. The van der Waals surface area contributed by atoms with Crippen molar-refractivity contribution in [1.82, 2.24) is 0 Å². The Kier molecular flexibility index (Phi) is 5.51.